The fourth-order valence-corrected chi connectivity index (χ4v) is 1.79. The van der Waals surface area contributed by atoms with Crippen LogP contribution in [0, 0.1) is 11.2 Å². The highest BCUT2D eigenvalue weighted by atomic mass is 35.5. The minimum absolute atomic E-state index is 0.0347. The molecule has 6 heteroatoms. The molecule has 112 valence electrons. The van der Waals surface area contributed by atoms with Gasteiger partial charge in [-0.15, -0.1) is 0 Å². The van der Waals surface area contributed by atoms with Gasteiger partial charge in [0, 0.05) is 19.7 Å². The van der Waals surface area contributed by atoms with Crippen molar-refractivity contribution in [3.05, 3.63) is 29.0 Å². The van der Waals surface area contributed by atoms with E-state index in [2.05, 4.69) is 0 Å². The number of hydrogen-bond donors (Lipinski definition) is 1. The Kier molecular flexibility index (Phi) is 5.77. The first-order valence-corrected chi connectivity index (χ1v) is 6.65. The van der Waals surface area contributed by atoms with Crippen LogP contribution in [0.5, 0.6) is 5.75 Å². The fourth-order valence-electron chi connectivity index (χ4n) is 1.62. The molecule has 0 unspecified atom stereocenters. The van der Waals surface area contributed by atoms with Crippen LogP contribution in [-0.4, -0.2) is 37.6 Å². The highest BCUT2D eigenvalue weighted by molar-refractivity contribution is 6.30. The normalized spacial score (nSPS) is 11.3. The molecule has 0 heterocycles. The highest BCUT2D eigenvalue weighted by Crippen LogP contribution is 2.21. The summed E-state index contributed by atoms with van der Waals surface area (Å²) >= 11 is 5.63. The van der Waals surface area contributed by atoms with Gasteiger partial charge in [-0.3, -0.25) is 4.79 Å². The number of carbonyl (C=O) groups excluding carboxylic acids is 1. The van der Waals surface area contributed by atoms with E-state index in [4.69, 9.17) is 22.1 Å². The number of amides is 1. The van der Waals surface area contributed by atoms with Gasteiger partial charge in [0.1, 0.15) is 11.6 Å². The number of nitrogens with two attached hydrogens (primary N) is 1. The molecule has 1 rings (SSSR count). The molecule has 0 fully saturated rings. The van der Waals surface area contributed by atoms with Gasteiger partial charge in [0.15, 0.2) is 6.61 Å². The number of rotatable bonds is 6. The fraction of sp³-hybridized carbons (Fsp3) is 0.500. The first-order valence-electron chi connectivity index (χ1n) is 6.27. The summed E-state index contributed by atoms with van der Waals surface area (Å²) < 4.78 is 18.3. The topological polar surface area (TPSA) is 55.6 Å². The summed E-state index contributed by atoms with van der Waals surface area (Å²) in [7, 11) is 1.70. The van der Waals surface area contributed by atoms with E-state index < -0.39 is 5.82 Å². The maximum Gasteiger partial charge on any atom is 0.260 e. The lowest BCUT2D eigenvalue weighted by atomic mass is 9.93. The zero-order valence-corrected chi connectivity index (χ0v) is 12.7. The molecule has 0 aliphatic rings. The molecule has 0 bridgehead atoms. The number of carbonyl (C=O) groups is 1. The molecule has 1 amide bonds. The lowest BCUT2D eigenvalue weighted by Gasteiger charge is -2.29. The van der Waals surface area contributed by atoms with Crippen LogP contribution < -0.4 is 10.5 Å². The summed E-state index contributed by atoms with van der Waals surface area (Å²) in [6.07, 6.45) is 0. The first kappa shape index (κ1) is 16.7. The molecule has 2 N–H and O–H groups in total. The van der Waals surface area contributed by atoms with Crippen LogP contribution in [0.1, 0.15) is 13.8 Å². The average molecular weight is 303 g/mol. The number of ether oxygens (including phenoxy) is 1. The van der Waals surface area contributed by atoms with E-state index >= 15 is 0 Å². The van der Waals surface area contributed by atoms with Crippen LogP contribution in [0.4, 0.5) is 4.39 Å². The number of nitrogens with zero attached hydrogens (tertiary/aromatic N) is 1. The van der Waals surface area contributed by atoms with Gasteiger partial charge >= 0.3 is 0 Å². The van der Waals surface area contributed by atoms with Crippen molar-refractivity contribution in [2.75, 3.05) is 26.7 Å². The van der Waals surface area contributed by atoms with Crippen LogP contribution in [0.15, 0.2) is 18.2 Å². The van der Waals surface area contributed by atoms with E-state index in [0.29, 0.717) is 18.8 Å². The second kappa shape index (κ2) is 6.90. The number of likely N-dealkylation sites (N-methyl/N-ethyl adjacent to an activating group) is 1. The number of halogens is 2. The Morgan fingerprint density at radius 2 is 2.15 bits per heavy atom. The molecule has 20 heavy (non-hydrogen) atoms. The predicted octanol–water partition coefficient (Wildman–Crippen LogP) is 2.30. The van der Waals surface area contributed by atoms with E-state index in [-0.39, 0.29) is 23.0 Å². The van der Waals surface area contributed by atoms with Crippen LogP contribution in [0.25, 0.3) is 0 Å². The summed E-state index contributed by atoms with van der Waals surface area (Å²) in [5.74, 6) is -0.338. The maximum absolute atomic E-state index is 13.0. The molecule has 0 saturated heterocycles. The Hall–Kier alpha value is -1.33. The second-order valence-corrected chi connectivity index (χ2v) is 5.89. The van der Waals surface area contributed by atoms with Crippen molar-refractivity contribution in [1.29, 1.82) is 0 Å². The van der Waals surface area contributed by atoms with Crippen molar-refractivity contribution >= 4 is 17.5 Å². The molecule has 0 saturated carbocycles. The smallest absolute Gasteiger partial charge is 0.260 e. The van der Waals surface area contributed by atoms with Gasteiger partial charge in [0.05, 0.1) is 5.02 Å². The van der Waals surface area contributed by atoms with Crippen molar-refractivity contribution in [3.63, 3.8) is 0 Å². The Balaban J connectivity index is 2.52. The van der Waals surface area contributed by atoms with Crippen LogP contribution in [0.3, 0.4) is 0 Å². The maximum atomic E-state index is 13.0. The van der Waals surface area contributed by atoms with Gasteiger partial charge in [-0.05, 0) is 24.1 Å². The van der Waals surface area contributed by atoms with Gasteiger partial charge in [-0.25, -0.2) is 4.39 Å². The van der Waals surface area contributed by atoms with Crippen molar-refractivity contribution in [1.82, 2.24) is 4.90 Å². The van der Waals surface area contributed by atoms with Crippen molar-refractivity contribution < 1.29 is 13.9 Å². The number of hydrogen-bond acceptors (Lipinski definition) is 3. The van der Waals surface area contributed by atoms with E-state index in [0.717, 1.165) is 0 Å². The molecule has 4 nitrogen and oxygen atoms in total. The molecular weight excluding hydrogens is 283 g/mol. The lowest BCUT2D eigenvalue weighted by molar-refractivity contribution is -0.133. The van der Waals surface area contributed by atoms with Crippen molar-refractivity contribution in [2.24, 2.45) is 11.1 Å². The minimum atomic E-state index is -0.521. The molecule has 1 aromatic carbocycles. The van der Waals surface area contributed by atoms with Gasteiger partial charge in [0.2, 0.25) is 0 Å². The van der Waals surface area contributed by atoms with Gasteiger partial charge in [0.25, 0.3) is 5.91 Å². The summed E-state index contributed by atoms with van der Waals surface area (Å²) in [6, 6.07) is 3.97. The third-order valence-corrected chi connectivity index (χ3v) is 3.19. The van der Waals surface area contributed by atoms with Crippen LogP contribution >= 0.6 is 11.6 Å². The quantitative estimate of drug-likeness (QED) is 0.877. The average Bonchev–Trinajstić information content (AvgIpc) is 2.39. The lowest BCUT2D eigenvalue weighted by Crippen LogP contribution is -2.41. The van der Waals surface area contributed by atoms with E-state index in [1.165, 1.54) is 18.2 Å². The molecule has 0 radical (unpaired) electrons. The Morgan fingerprint density at radius 1 is 1.50 bits per heavy atom. The first-order chi connectivity index (χ1) is 9.25. The Bertz CT molecular complexity index is 480. The Labute approximate surface area is 123 Å². The third-order valence-electron chi connectivity index (χ3n) is 2.90. The molecule has 0 aliphatic carbocycles. The van der Waals surface area contributed by atoms with Gasteiger partial charge in [-0.2, -0.15) is 0 Å². The third kappa shape index (κ3) is 4.98. The predicted molar refractivity (Wildman–Crippen MR) is 77.4 cm³/mol. The minimum Gasteiger partial charge on any atom is -0.484 e. The molecule has 1 aromatic rings. The van der Waals surface area contributed by atoms with Crippen molar-refractivity contribution in [2.45, 2.75) is 13.8 Å². The van der Waals surface area contributed by atoms with E-state index in [1.54, 1.807) is 11.9 Å². The van der Waals surface area contributed by atoms with Crippen molar-refractivity contribution in [3.8, 4) is 5.75 Å². The summed E-state index contributed by atoms with van der Waals surface area (Å²) in [5.41, 5.74) is 5.48. The monoisotopic (exact) mass is 302 g/mol. The van der Waals surface area contributed by atoms with Gasteiger partial charge < -0.3 is 15.4 Å². The largest absolute Gasteiger partial charge is 0.484 e. The van der Waals surface area contributed by atoms with Crippen LogP contribution in [0.2, 0.25) is 5.02 Å². The summed E-state index contributed by atoms with van der Waals surface area (Å²) in [5, 5.41) is -0.0347. The zero-order valence-electron chi connectivity index (χ0n) is 12.0. The molecule has 0 spiro atoms. The van der Waals surface area contributed by atoms with E-state index in [1.807, 2.05) is 13.8 Å². The van der Waals surface area contributed by atoms with Crippen LogP contribution in [-0.2, 0) is 4.79 Å². The molecule has 0 aliphatic heterocycles. The Morgan fingerprint density at radius 3 is 2.70 bits per heavy atom. The van der Waals surface area contributed by atoms with E-state index in [9.17, 15) is 9.18 Å². The standard InChI is InChI=1S/C14H20ClFN2O2/c1-14(2,8-17)9-18(3)13(19)7-20-10-4-5-12(16)11(15)6-10/h4-6H,7-9,17H2,1-3H3. The SMILES string of the molecule is CN(CC(C)(C)CN)C(=O)COc1ccc(F)c(Cl)c1. The summed E-state index contributed by atoms with van der Waals surface area (Å²) in [6.45, 7) is 4.86. The number of benzene rings is 1. The second-order valence-electron chi connectivity index (χ2n) is 5.48. The molecule has 0 aromatic heterocycles. The summed E-state index contributed by atoms with van der Waals surface area (Å²) in [4.78, 5) is 13.5. The molecule has 0 atom stereocenters. The highest BCUT2D eigenvalue weighted by Gasteiger charge is 2.21. The molecular formula is C14H20ClFN2O2. The van der Waals surface area contributed by atoms with Gasteiger partial charge in [-0.1, -0.05) is 25.4 Å². The zero-order chi connectivity index (χ0) is 15.3.